The van der Waals surface area contributed by atoms with Crippen LogP contribution in [0.15, 0.2) is 18.2 Å². The van der Waals surface area contributed by atoms with Crippen LogP contribution in [0, 0.1) is 20.8 Å². The summed E-state index contributed by atoms with van der Waals surface area (Å²) in [5.41, 5.74) is 3.43. The molecule has 2 nitrogen and oxygen atoms in total. The number of benzene rings is 1. The van der Waals surface area contributed by atoms with Crippen LogP contribution in [-0.2, 0) is 6.18 Å². The minimum atomic E-state index is -4.44. The van der Waals surface area contributed by atoms with E-state index < -0.39 is 12.0 Å². The summed E-state index contributed by atoms with van der Waals surface area (Å²) in [4.78, 5) is 5.97. The molecule has 0 aliphatic heterocycles. The molecular formula is C13H13F3N2. The molecule has 0 aliphatic carbocycles. The fourth-order valence-corrected chi connectivity index (χ4v) is 1.85. The fourth-order valence-electron chi connectivity index (χ4n) is 1.85. The summed E-state index contributed by atoms with van der Waals surface area (Å²) in [5, 5.41) is 0. The third kappa shape index (κ3) is 2.25. The number of hydrogen-bond acceptors (Lipinski definition) is 1. The highest BCUT2D eigenvalue weighted by Gasteiger charge is 2.35. The summed E-state index contributed by atoms with van der Waals surface area (Å²) in [6.45, 7) is 5.35. The molecule has 0 aliphatic rings. The van der Waals surface area contributed by atoms with Crippen LogP contribution in [0.2, 0.25) is 0 Å². The first-order chi connectivity index (χ1) is 8.29. The van der Waals surface area contributed by atoms with E-state index in [-0.39, 0.29) is 0 Å². The molecule has 0 saturated heterocycles. The van der Waals surface area contributed by atoms with Crippen molar-refractivity contribution in [1.29, 1.82) is 0 Å². The lowest BCUT2D eigenvalue weighted by molar-refractivity contribution is -0.144. The monoisotopic (exact) mass is 254 g/mol. The molecule has 2 aromatic rings. The number of halogens is 3. The van der Waals surface area contributed by atoms with Crippen molar-refractivity contribution in [2.75, 3.05) is 0 Å². The van der Waals surface area contributed by atoms with Crippen LogP contribution in [0.4, 0.5) is 13.2 Å². The molecule has 2 rings (SSSR count). The Labute approximate surface area is 103 Å². The molecule has 96 valence electrons. The molecule has 5 heteroatoms. The largest absolute Gasteiger partial charge is 0.449 e. The predicted octanol–water partition coefficient (Wildman–Crippen LogP) is 4.02. The Morgan fingerprint density at radius 1 is 1.11 bits per heavy atom. The van der Waals surface area contributed by atoms with Gasteiger partial charge in [-0.15, -0.1) is 0 Å². The van der Waals surface area contributed by atoms with Crippen LogP contribution in [0.5, 0.6) is 0 Å². The van der Waals surface area contributed by atoms with Crippen molar-refractivity contribution in [1.82, 2.24) is 9.97 Å². The van der Waals surface area contributed by atoms with Gasteiger partial charge in [-0.05, 0) is 32.4 Å². The van der Waals surface area contributed by atoms with Gasteiger partial charge in [-0.25, -0.2) is 4.98 Å². The van der Waals surface area contributed by atoms with Crippen molar-refractivity contribution in [3.8, 4) is 11.3 Å². The van der Waals surface area contributed by atoms with Gasteiger partial charge in [0.05, 0.1) is 5.69 Å². The van der Waals surface area contributed by atoms with E-state index in [4.69, 9.17) is 0 Å². The summed E-state index contributed by atoms with van der Waals surface area (Å²) in [7, 11) is 0. The molecule has 1 aromatic carbocycles. The molecule has 0 spiro atoms. The van der Waals surface area contributed by atoms with Crippen molar-refractivity contribution >= 4 is 0 Å². The molecule has 1 aromatic heterocycles. The minimum Gasteiger partial charge on any atom is -0.338 e. The van der Waals surface area contributed by atoms with E-state index in [0.29, 0.717) is 11.4 Å². The van der Waals surface area contributed by atoms with Gasteiger partial charge in [0.15, 0.2) is 0 Å². The van der Waals surface area contributed by atoms with Gasteiger partial charge in [-0.3, -0.25) is 0 Å². The lowest BCUT2D eigenvalue weighted by Crippen LogP contribution is -2.07. The van der Waals surface area contributed by atoms with E-state index in [1.807, 2.05) is 32.0 Å². The van der Waals surface area contributed by atoms with Crippen LogP contribution < -0.4 is 0 Å². The number of nitrogens with zero attached hydrogens (tertiary/aromatic N) is 1. The molecule has 0 bridgehead atoms. The number of imidazole rings is 1. The molecule has 1 heterocycles. The number of aromatic nitrogens is 2. The van der Waals surface area contributed by atoms with Crippen molar-refractivity contribution in [3.63, 3.8) is 0 Å². The molecule has 0 radical (unpaired) electrons. The second kappa shape index (κ2) is 4.15. The van der Waals surface area contributed by atoms with Crippen LogP contribution in [0.25, 0.3) is 11.3 Å². The molecule has 18 heavy (non-hydrogen) atoms. The van der Waals surface area contributed by atoms with Gasteiger partial charge in [-0.1, -0.05) is 17.7 Å². The van der Waals surface area contributed by atoms with E-state index >= 15 is 0 Å². The van der Waals surface area contributed by atoms with Crippen LogP contribution in [0.1, 0.15) is 22.6 Å². The Morgan fingerprint density at radius 3 is 2.33 bits per heavy atom. The minimum absolute atomic E-state index is 0.364. The second-order valence-electron chi connectivity index (χ2n) is 4.38. The summed E-state index contributed by atoms with van der Waals surface area (Å²) >= 11 is 0. The van der Waals surface area contributed by atoms with Crippen LogP contribution in [0.3, 0.4) is 0 Å². The van der Waals surface area contributed by atoms with Gasteiger partial charge in [0, 0.05) is 11.3 Å². The maximum absolute atomic E-state index is 12.6. The van der Waals surface area contributed by atoms with E-state index in [9.17, 15) is 13.2 Å². The third-order valence-electron chi connectivity index (χ3n) is 2.80. The van der Waals surface area contributed by atoms with E-state index in [0.717, 1.165) is 16.7 Å². The zero-order valence-corrected chi connectivity index (χ0v) is 10.3. The predicted molar refractivity (Wildman–Crippen MR) is 63.2 cm³/mol. The molecular weight excluding hydrogens is 241 g/mol. The average molecular weight is 254 g/mol. The number of rotatable bonds is 1. The number of nitrogens with one attached hydrogen (secondary N) is 1. The van der Waals surface area contributed by atoms with Gasteiger partial charge in [0.2, 0.25) is 5.82 Å². The van der Waals surface area contributed by atoms with Crippen molar-refractivity contribution in [2.45, 2.75) is 26.9 Å². The lowest BCUT2D eigenvalue weighted by atomic mass is 10.0. The first-order valence-electron chi connectivity index (χ1n) is 5.50. The Kier molecular flexibility index (Phi) is 2.92. The molecule has 0 saturated carbocycles. The zero-order valence-electron chi connectivity index (χ0n) is 10.3. The summed E-state index contributed by atoms with van der Waals surface area (Å²) in [6.07, 6.45) is -4.44. The highest BCUT2D eigenvalue weighted by atomic mass is 19.4. The number of aryl methyl sites for hydroxylation is 3. The highest BCUT2D eigenvalue weighted by Crippen LogP contribution is 2.32. The summed E-state index contributed by atoms with van der Waals surface area (Å²) in [5.74, 6) is -0.948. The van der Waals surface area contributed by atoms with Crippen LogP contribution >= 0.6 is 0 Å². The van der Waals surface area contributed by atoms with Gasteiger partial charge in [0.25, 0.3) is 0 Å². The quantitative estimate of drug-likeness (QED) is 0.818. The van der Waals surface area contributed by atoms with Crippen LogP contribution in [-0.4, -0.2) is 9.97 Å². The van der Waals surface area contributed by atoms with E-state index in [1.165, 1.54) is 0 Å². The van der Waals surface area contributed by atoms with Gasteiger partial charge in [-0.2, -0.15) is 13.2 Å². The SMILES string of the molecule is Cc1ccc(C)c(-c2nc(C(F)(F)F)[nH]c2C)c1. The maximum Gasteiger partial charge on any atom is 0.449 e. The van der Waals surface area contributed by atoms with Gasteiger partial charge < -0.3 is 4.98 Å². The molecule has 0 fully saturated rings. The van der Waals surface area contributed by atoms with Gasteiger partial charge >= 0.3 is 6.18 Å². The van der Waals surface area contributed by atoms with Gasteiger partial charge in [0.1, 0.15) is 0 Å². The fraction of sp³-hybridized carbons (Fsp3) is 0.308. The van der Waals surface area contributed by atoms with Crippen molar-refractivity contribution in [3.05, 3.63) is 40.8 Å². The lowest BCUT2D eigenvalue weighted by Gasteiger charge is -2.05. The Balaban J connectivity index is 2.58. The standard InChI is InChI=1S/C13H13F3N2/c1-7-4-5-8(2)10(6-7)11-9(3)17-12(18-11)13(14,15)16/h4-6H,1-3H3,(H,17,18). The Bertz CT molecular complexity index is 582. The molecule has 0 amide bonds. The summed E-state index contributed by atoms with van der Waals surface area (Å²) in [6, 6.07) is 5.65. The second-order valence-corrected chi connectivity index (χ2v) is 4.38. The first kappa shape index (κ1) is 12.7. The summed E-state index contributed by atoms with van der Waals surface area (Å²) < 4.78 is 37.7. The smallest absolute Gasteiger partial charge is 0.338 e. The highest BCUT2D eigenvalue weighted by molar-refractivity contribution is 5.66. The normalized spacial score (nSPS) is 11.9. The number of alkyl halides is 3. The molecule has 0 unspecified atom stereocenters. The Hall–Kier alpha value is -1.78. The topological polar surface area (TPSA) is 28.7 Å². The van der Waals surface area contributed by atoms with E-state index in [1.54, 1.807) is 6.92 Å². The zero-order chi connectivity index (χ0) is 13.5. The Morgan fingerprint density at radius 2 is 1.78 bits per heavy atom. The van der Waals surface area contributed by atoms with Crippen molar-refractivity contribution in [2.24, 2.45) is 0 Å². The number of hydrogen-bond donors (Lipinski definition) is 1. The maximum atomic E-state index is 12.6. The molecule has 0 atom stereocenters. The third-order valence-corrected chi connectivity index (χ3v) is 2.80. The van der Waals surface area contributed by atoms with Crippen molar-refractivity contribution < 1.29 is 13.2 Å². The first-order valence-corrected chi connectivity index (χ1v) is 5.50. The molecule has 1 N–H and O–H groups in total. The number of H-pyrrole nitrogens is 1. The average Bonchev–Trinajstić information content (AvgIpc) is 2.64. The van der Waals surface area contributed by atoms with E-state index in [2.05, 4.69) is 9.97 Å². The number of aromatic amines is 1.